The Labute approximate surface area is 157 Å². The highest BCUT2D eigenvalue weighted by atomic mass is 35.5. The minimum absolute atomic E-state index is 0.185. The van der Waals surface area contributed by atoms with Crippen LogP contribution in [0, 0.1) is 18.7 Å². The van der Waals surface area contributed by atoms with Crippen molar-refractivity contribution in [2.45, 2.75) is 33.2 Å². The number of aryl methyl sites for hydroxylation is 1. The molecule has 2 amide bonds. The number of carbonyl (C=O) groups is 2. The van der Waals surface area contributed by atoms with E-state index in [0.717, 1.165) is 5.56 Å². The Morgan fingerprint density at radius 2 is 1.77 bits per heavy atom. The Morgan fingerprint density at radius 3 is 2.38 bits per heavy atom. The molecule has 138 valence electrons. The second-order valence-electron chi connectivity index (χ2n) is 6.61. The van der Waals surface area contributed by atoms with Gasteiger partial charge in [-0.3, -0.25) is 9.59 Å². The first-order valence-corrected chi connectivity index (χ1v) is 8.77. The number of amides is 2. The predicted octanol–water partition coefficient (Wildman–Crippen LogP) is 4.57. The zero-order valence-corrected chi connectivity index (χ0v) is 15.7. The maximum Gasteiger partial charge on any atom is 0.251 e. The van der Waals surface area contributed by atoms with Gasteiger partial charge in [-0.2, -0.15) is 0 Å². The molecule has 4 nitrogen and oxygen atoms in total. The third kappa shape index (κ3) is 5.56. The van der Waals surface area contributed by atoms with Crippen LogP contribution < -0.4 is 10.6 Å². The summed E-state index contributed by atoms with van der Waals surface area (Å²) < 4.78 is 13.4. The van der Waals surface area contributed by atoms with Gasteiger partial charge in [-0.1, -0.05) is 31.5 Å². The van der Waals surface area contributed by atoms with Gasteiger partial charge in [-0.05, 0) is 61.2 Å². The Balaban J connectivity index is 2.15. The van der Waals surface area contributed by atoms with Crippen molar-refractivity contribution >= 4 is 29.1 Å². The standard InChI is InChI=1S/C20H22ClFN2O2/c1-12(2)10-18(24-19(25)14-5-7-15(21)8-6-14)20(26)23-17-11-16(22)9-4-13(17)3/h4-9,11-12,18H,10H2,1-3H3,(H,23,26)(H,24,25)/t18-/m1/s1. The van der Waals surface area contributed by atoms with E-state index in [-0.39, 0.29) is 17.7 Å². The molecule has 0 aromatic heterocycles. The molecule has 0 radical (unpaired) electrons. The van der Waals surface area contributed by atoms with Crippen LogP contribution in [0.25, 0.3) is 0 Å². The molecule has 0 aliphatic carbocycles. The number of nitrogens with one attached hydrogen (secondary N) is 2. The van der Waals surface area contributed by atoms with Gasteiger partial charge < -0.3 is 10.6 Å². The van der Waals surface area contributed by atoms with Crippen molar-refractivity contribution in [3.8, 4) is 0 Å². The monoisotopic (exact) mass is 376 g/mol. The molecule has 6 heteroatoms. The summed E-state index contributed by atoms with van der Waals surface area (Å²) in [5.74, 6) is -0.991. The molecule has 0 unspecified atom stereocenters. The molecule has 0 bridgehead atoms. The van der Waals surface area contributed by atoms with Gasteiger partial charge in [0.1, 0.15) is 11.9 Å². The van der Waals surface area contributed by atoms with E-state index >= 15 is 0 Å². The topological polar surface area (TPSA) is 58.2 Å². The molecule has 2 aromatic rings. The van der Waals surface area contributed by atoms with Gasteiger partial charge in [0.05, 0.1) is 0 Å². The highest BCUT2D eigenvalue weighted by molar-refractivity contribution is 6.30. The number of hydrogen-bond donors (Lipinski definition) is 2. The normalized spacial score (nSPS) is 11.9. The molecule has 0 saturated heterocycles. The summed E-state index contributed by atoms with van der Waals surface area (Å²) in [6.07, 6.45) is 0.458. The van der Waals surface area contributed by atoms with Gasteiger partial charge in [-0.25, -0.2) is 4.39 Å². The fourth-order valence-electron chi connectivity index (χ4n) is 2.49. The van der Waals surface area contributed by atoms with Gasteiger partial charge >= 0.3 is 0 Å². The number of benzene rings is 2. The Hall–Kier alpha value is -2.40. The van der Waals surface area contributed by atoms with Gasteiger partial charge in [0.2, 0.25) is 5.91 Å². The van der Waals surface area contributed by atoms with E-state index in [1.807, 2.05) is 13.8 Å². The van der Waals surface area contributed by atoms with Gasteiger partial charge in [0, 0.05) is 16.3 Å². The smallest absolute Gasteiger partial charge is 0.251 e. The lowest BCUT2D eigenvalue weighted by Gasteiger charge is -2.21. The van der Waals surface area contributed by atoms with Crippen LogP contribution in [0.1, 0.15) is 36.2 Å². The second-order valence-corrected chi connectivity index (χ2v) is 7.05. The van der Waals surface area contributed by atoms with Crippen molar-refractivity contribution in [3.05, 3.63) is 64.4 Å². The van der Waals surface area contributed by atoms with Crippen LogP contribution in [-0.4, -0.2) is 17.9 Å². The number of carbonyl (C=O) groups excluding carboxylic acids is 2. The molecule has 0 fully saturated rings. The fourth-order valence-corrected chi connectivity index (χ4v) is 2.62. The molecule has 2 rings (SSSR count). The minimum atomic E-state index is -0.735. The molecule has 26 heavy (non-hydrogen) atoms. The van der Waals surface area contributed by atoms with Crippen molar-refractivity contribution < 1.29 is 14.0 Å². The summed E-state index contributed by atoms with van der Waals surface area (Å²) in [7, 11) is 0. The van der Waals surface area contributed by atoms with Crippen molar-refractivity contribution in [1.82, 2.24) is 5.32 Å². The van der Waals surface area contributed by atoms with Crippen LogP contribution in [0.15, 0.2) is 42.5 Å². The molecule has 1 atom stereocenters. The van der Waals surface area contributed by atoms with Crippen molar-refractivity contribution in [1.29, 1.82) is 0 Å². The number of rotatable bonds is 6. The summed E-state index contributed by atoms with van der Waals surface area (Å²) in [6.45, 7) is 5.70. The van der Waals surface area contributed by atoms with Crippen molar-refractivity contribution in [2.24, 2.45) is 5.92 Å². The highest BCUT2D eigenvalue weighted by Crippen LogP contribution is 2.17. The van der Waals surface area contributed by atoms with Crippen LogP contribution in [0.2, 0.25) is 5.02 Å². The molecule has 0 aliphatic heterocycles. The summed E-state index contributed by atoms with van der Waals surface area (Å²) >= 11 is 5.83. The highest BCUT2D eigenvalue weighted by Gasteiger charge is 2.23. The zero-order valence-electron chi connectivity index (χ0n) is 15.0. The fraction of sp³-hybridized carbons (Fsp3) is 0.300. The maximum atomic E-state index is 13.4. The van der Waals surface area contributed by atoms with Gasteiger partial charge in [0.15, 0.2) is 0 Å². The quantitative estimate of drug-likeness (QED) is 0.775. The number of anilines is 1. The van der Waals surface area contributed by atoms with Crippen LogP contribution in [0.4, 0.5) is 10.1 Å². The van der Waals surface area contributed by atoms with Gasteiger partial charge in [0.25, 0.3) is 5.91 Å². The van der Waals surface area contributed by atoms with E-state index < -0.39 is 11.9 Å². The summed E-state index contributed by atoms with van der Waals surface area (Å²) in [5, 5.41) is 5.99. The molecule has 0 aliphatic rings. The molecular formula is C20H22ClFN2O2. The largest absolute Gasteiger partial charge is 0.340 e. The predicted molar refractivity (Wildman–Crippen MR) is 102 cm³/mol. The van der Waals surface area contributed by atoms with E-state index in [0.29, 0.717) is 22.7 Å². The average molecular weight is 377 g/mol. The third-order valence-electron chi connectivity index (χ3n) is 3.89. The van der Waals surface area contributed by atoms with E-state index in [2.05, 4.69) is 10.6 Å². The first-order valence-electron chi connectivity index (χ1n) is 8.39. The lowest BCUT2D eigenvalue weighted by atomic mass is 10.0. The lowest BCUT2D eigenvalue weighted by molar-refractivity contribution is -0.118. The number of hydrogen-bond acceptors (Lipinski definition) is 2. The third-order valence-corrected chi connectivity index (χ3v) is 4.14. The maximum absolute atomic E-state index is 13.4. The number of halogens is 2. The summed E-state index contributed by atoms with van der Waals surface area (Å²) in [6, 6.07) is 9.88. The summed E-state index contributed by atoms with van der Waals surface area (Å²) in [4.78, 5) is 25.1. The van der Waals surface area contributed by atoms with E-state index in [1.165, 1.54) is 12.1 Å². The average Bonchev–Trinajstić information content (AvgIpc) is 2.57. The first kappa shape index (κ1) is 19.9. The van der Waals surface area contributed by atoms with E-state index in [9.17, 15) is 14.0 Å². The van der Waals surface area contributed by atoms with E-state index in [1.54, 1.807) is 37.3 Å². The molecule has 2 N–H and O–H groups in total. The second kappa shape index (κ2) is 8.81. The Morgan fingerprint density at radius 1 is 1.12 bits per heavy atom. The van der Waals surface area contributed by atoms with E-state index in [4.69, 9.17) is 11.6 Å². The van der Waals surface area contributed by atoms with Gasteiger partial charge in [-0.15, -0.1) is 0 Å². The zero-order chi connectivity index (χ0) is 19.3. The molecule has 2 aromatic carbocycles. The summed E-state index contributed by atoms with van der Waals surface area (Å²) in [5.41, 5.74) is 1.55. The van der Waals surface area contributed by atoms with Crippen molar-refractivity contribution in [2.75, 3.05) is 5.32 Å². The van der Waals surface area contributed by atoms with Crippen LogP contribution in [0.5, 0.6) is 0 Å². The minimum Gasteiger partial charge on any atom is -0.340 e. The molecule has 0 saturated carbocycles. The molecule has 0 spiro atoms. The van der Waals surface area contributed by atoms with Crippen LogP contribution in [-0.2, 0) is 4.79 Å². The molecule has 0 heterocycles. The van der Waals surface area contributed by atoms with Crippen LogP contribution in [0.3, 0.4) is 0 Å². The molecular weight excluding hydrogens is 355 g/mol. The Bertz CT molecular complexity index is 791. The van der Waals surface area contributed by atoms with Crippen LogP contribution >= 0.6 is 11.6 Å². The lowest BCUT2D eigenvalue weighted by Crippen LogP contribution is -2.44. The Kier molecular flexibility index (Phi) is 6.75. The SMILES string of the molecule is Cc1ccc(F)cc1NC(=O)[C@@H](CC(C)C)NC(=O)c1ccc(Cl)cc1. The first-order chi connectivity index (χ1) is 12.3. The van der Waals surface area contributed by atoms with Crippen molar-refractivity contribution in [3.63, 3.8) is 0 Å².